The number of benzene rings is 2. The van der Waals surface area contributed by atoms with Gasteiger partial charge < -0.3 is 9.64 Å². The van der Waals surface area contributed by atoms with Crippen LogP contribution >= 0.6 is 0 Å². The monoisotopic (exact) mass is 413 g/mol. The molecule has 0 bridgehead atoms. The van der Waals surface area contributed by atoms with Crippen LogP contribution in [0.2, 0.25) is 0 Å². The van der Waals surface area contributed by atoms with Crippen LogP contribution in [0, 0.1) is 0 Å². The maximum absolute atomic E-state index is 12.9. The van der Waals surface area contributed by atoms with Crippen LogP contribution in [0.15, 0.2) is 48.5 Å². The molecule has 0 radical (unpaired) electrons. The number of anilines is 1. The van der Waals surface area contributed by atoms with Crippen molar-refractivity contribution in [3.05, 3.63) is 65.2 Å². The normalized spacial score (nSPS) is 19.5. The first kappa shape index (κ1) is 19.6. The van der Waals surface area contributed by atoms with Gasteiger partial charge in [0.1, 0.15) is 0 Å². The first-order valence-corrected chi connectivity index (χ1v) is 11.6. The average molecular weight is 413 g/mol. The maximum Gasteiger partial charge on any atom is 0.338 e. The summed E-state index contributed by atoms with van der Waals surface area (Å²) in [5.74, 6) is -0.983. The van der Waals surface area contributed by atoms with Gasteiger partial charge in [0, 0.05) is 5.69 Å². The van der Waals surface area contributed by atoms with Crippen LogP contribution < -0.4 is 4.90 Å². The first-order chi connectivity index (χ1) is 13.9. The fourth-order valence-electron chi connectivity index (χ4n) is 4.11. The second kappa shape index (κ2) is 7.99. The van der Waals surface area contributed by atoms with E-state index in [4.69, 9.17) is 4.74 Å². The molecule has 2 aromatic rings. The summed E-state index contributed by atoms with van der Waals surface area (Å²) in [6, 6.07) is 14.0. The quantitative estimate of drug-likeness (QED) is 0.704. The SMILES string of the molecule is O=C(OCC(=O)N(c1ccccc1)[C@H]1CCS(=O)(=O)C1)c1ccc2c(c1)CCC2. The van der Waals surface area contributed by atoms with Crippen molar-refractivity contribution in [1.82, 2.24) is 0 Å². The third-order valence-corrected chi connectivity index (χ3v) is 7.29. The summed E-state index contributed by atoms with van der Waals surface area (Å²) in [6.07, 6.45) is 3.44. The standard InChI is InChI=1S/C22H23NO5S/c24-21(14-28-22(25)18-10-9-16-5-4-6-17(16)13-18)23(19-7-2-1-3-8-19)20-11-12-29(26,27)15-20/h1-3,7-10,13,20H,4-6,11-12,14-15H2/t20-/m0/s1. The van der Waals surface area contributed by atoms with Gasteiger partial charge in [0.2, 0.25) is 0 Å². The predicted octanol–water partition coefficient (Wildman–Crippen LogP) is 2.55. The molecule has 2 aromatic carbocycles. The van der Waals surface area contributed by atoms with Gasteiger partial charge in [0.25, 0.3) is 5.91 Å². The minimum absolute atomic E-state index is 0.0587. The molecule has 1 saturated heterocycles. The van der Waals surface area contributed by atoms with Gasteiger partial charge in [-0.15, -0.1) is 0 Å². The molecule has 6 nitrogen and oxygen atoms in total. The summed E-state index contributed by atoms with van der Waals surface area (Å²) >= 11 is 0. The van der Waals surface area contributed by atoms with Crippen molar-refractivity contribution >= 4 is 27.4 Å². The van der Waals surface area contributed by atoms with E-state index >= 15 is 0 Å². The van der Waals surface area contributed by atoms with Crippen molar-refractivity contribution in [2.75, 3.05) is 23.0 Å². The molecule has 2 aliphatic rings. The molecule has 0 saturated carbocycles. The van der Waals surface area contributed by atoms with Gasteiger partial charge in [-0.2, -0.15) is 0 Å². The number of hydrogen-bond donors (Lipinski definition) is 0. The van der Waals surface area contributed by atoms with E-state index in [-0.39, 0.29) is 11.5 Å². The Morgan fingerprint density at radius 1 is 1.03 bits per heavy atom. The van der Waals surface area contributed by atoms with Crippen molar-refractivity contribution < 1.29 is 22.7 Å². The lowest BCUT2D eigenvalue weighted by atomic mass is 10.1. The van der Waals surface area contributed by atoms with Gasteiger partial charge in [-0.05, 0) is 61.1 Å². The molecule has 4 rings (SSSR count). The Balaban J connectivity index is 1.47. The van der Waals surface area contributed by atoms with Crippen LogP contribution in [0.4, 0.5) is 5.69 Å². The summed E-state index contributed by atoms with van der Waals surface area (Å²) in [4.78, 5) is 26.8. The Morgan fingerprint density at radius 3 is 2.52 bits per heavy atom. The molecule has 0 aromatic heterocycles. The number of aryl methyl sites for hydroxylation is 2. The number of esters is 1. The molecule has 1 aliphatic carbocycles. The zero-order valence-electron chi connectivity index (χ0n) is 16.0. The average Bonchev–Trinajstić information content (AvgIpc) is 3.32. The number of para-hydroxylation sites is 1. The zero-order valence-corrected chi connectivity index (χ0v) is 16.9. The second-order valence-corrected chi connectivity index (χ2v) is 9.80. The minimum Gasteiger partial charge on any atom is -0.452 e. The summed E-state index contributed by atoms with van der Waals surface area (Å²) in [6.45, 7) is -0.429. The highest BCUT2D eigenvalue weighted by Gasteiger charge is 2.35. The molecule has 1 heterocycles. The minimum atomic E-state index is -3.16. The van der Waals surface area contributed by atoms with E-state index in [1.54, 1.807) is 30.3 Å². The molecule has 152 valence electrons. The largest absolute Gasteiger partial charge is 0.452 e. The van der Waals surface area contributed by atoms with Gasteiger partial charge >= 0.3 is 5.97 Å². The lowest BCUT2D eigenvalue weighted by Gasteiger charge is -2.28. The van der Waals surface area contributed by atoms with E-state index in [9.17, 15) is 18.0 Å². The van der Waals surface area contributed by atoms with Crippen LogP contribution in [0.3, 0.4) is 0 Å². The van der Waals surface area contributed by atoms with Crippen LogP contribution in [-0.2, 0) is 32.2 Å². The molecule has 29 heavy (non-hydrogen) atoms. The molecule has 1 aliphatic heterocycles. The highest BCUT2D eigenvalue weighted by molar-refractivity contribution is 7.91. The number of fused-ring (bicyclic) bond motifs is 1. The van der Waals surface area contributed by atoms with E-state index in [1.165, 1.54) is 10.5 Å². The Kier molecular flexibility index (Phi) is 5.41. The third kappa shape index (κ3) is 4.34. The smallest absolute Gasteiger partial charge is 0.338 e. The molecule has 1 amide bonds. The van der Waals surface area contributed by atoms with Crippen LogP contribution in [-0.4, -0.2) is 44.4 Å². The Morgan fingerprint density at radius 2 is 1.79 bits per heavy atom. The van der Waals surface area contributed by atoms with Gasteiger partial charge in [-0.3, -0.25) is 4.79 Å². The van der Waals surface area contributed by atoms with Gasteiger partial charge in [0.15, 0.2) is 16.4 Å². The van der Waals surface area contributed by atoms with E-state index in [0.717, 1.165) is 24.8 Å². The van der Waals surface area contributed by atoms with Crippen molar-refractivity contribution in [2.45, 2.75) is 31.7 Å². The molecule has 1 fully saturated rings. The number of rotatable bonds is 5. The lowest BCUT2D eigenvalue weighted by Crippen LogP contribution is -2.43. The maximum atomic E-state index is 12.9. The van der Waals surface area contributed by atoms with Crippen LogP contribution in [0.1, 0.15) is 34.3 Å². The van der Waals surface area contributed by atoms with Gasteiger partial charge in [-0.25, -0.2) is 13.2 Å². The number of carbonyl (C=O) groups is 2. The molecule has 0 unspecified atom stereocenters. The number of hydrogen-bond acceptors (Lipinski definition) is 5. The van der Waals surface area contributed by atoms with E-state index < -0.39 is 34.4 Å². The Hall–Kier alpha value is -2.67. The summed E-state index contributed by atoms with van der Waals surface area (Å²) < 4.78 is 29.1. The number of ether oxygens (including phenoxy) is 1. The summed E-state index contributed by atoms with van der Waals surface area (Å²) in [5.41, 5.74) is 3.46. The van der Waals surface area contributed by atoms with Crippen LogP contribution in [0.5, 0.6) is 0 Å². The Bertz CT molecular complexity index is 1030. The lowest BCUT2D eigenvalue weighted by molar-refractivity contribution is -0.122. The molecular formula is C22H23NO5S. The summed E-state index contributed by atoms with van der Waals surface area (Å²) in [5, 5.41) is 0. The van der Waals surface area contributed by atoms with Crippen molar-refractivity contribution in [2.24, 2.45) is 0 Å². The van der Waals surface area contributed by atoms with Crippen molar-refractivity contribution in [3.63, 3.8) is 0 Å². The highest BCUT2D eigenvalue weighted by Crippen LogP contribution is 2.25. The predicted molar refractivity (Wildman–Crippen MR) is 110 cm³/mol. The third-order valence-electron chi connectivity index (χ3n) is 5.54. The molecular weight excluding hydrogens is 390 g/mol. The topological polar surface area (TPSA) is 80.8 Å². The molecule has 0 N–H and O–H groups in total. The summed E-state index contributed by atoms with van der Waals surface area (Å²) in [7, 11) is -3.16. The second-order valence-electron chi connectivity index (χ2n) is 7.57. The van der Waals surface area contributed by atoms with Gasteiger partial charge in [-0.1, -0.05) is 24.3 Å². The molecule has 7 heteroatoms. The van der Waals surface area contributed by atoms with Gasteiger partial charge in [0.05, 0.1) is 23.1 Å². The number of amides is 1. The van der Waals surface area contributed by atoms with Crippen molar-refractivity contribution in [3.8, 4) is 0 Å². The number of sulfone groups is 1. The fraction of sp³-hybridized carbons (Fsp3) is 0.364. The Labute approximate surface area is 170 Å². The molecule has 0 spiro atoms. The van der Waals surface area contributed by atoms with Crippen LogP contribution in [0.25, 0.3) is 0 Å². The zero-order chi connectivity index (χ0) is 20.4. The van der Waals surface area contributed by atoms with E-state index in [1.807, 2.05) is 18.2 Å². The van der Waals surface area contributed by atoms with E-state index in [2.05, 4.69) is 0 Å². The number of nitrogens with zero attached hydrogens (tertiary/aromatic N) is 1. The first-order valence-electron chi connectivity index (χ1n) is 9.79. The van der Waals surface area contributed by atoms with E-state index in [0.29, 0.717) is 17.7 Å². The fourth-order valence-corrected chi connectivity index (χ4v) is 5.80. The molecule has 1 atom stereocenters. The number of carbonyl (C=O) groups excluding carboxylic acids is 2. The van der Waals surface area contributed by atoms with Crippen molar-refractivity contribution in [1.29, 1.82) is 0 Å². The highest BCUT2D eigenvalue weighted by atomic mass is 32.2.